The smallest absolute Gasteiger partial charge is 0.354 e. The third kappa shape index (κ3) is 1.72. The maximum absolute atomic E-state index is 11.8. The highest BCUT2D eigenvalue weighted by Gasteiger charge is 2.27. The first-order valence-corrected chi connectivity index (χ1v) is 6.81. The van der Waals surface area contributed by atoms with Crippen LogP contribution in [0.1, 0.15) is 30.6 Å². The lowest BCUT2D eigenvalue weighted by Gasteiger charge is -2.25. The van der Waals surface area contributed by atoms with E-state index in [1.807, 2.05) is 18.2 Å². The van der Waals surface area contributed by atoms with Gasteiger partial charge in [-0.3, -0.25) is 0 Å². The van der Waals surface area contributed by atoms with Crippen molar-refractivity contribution in [1.29, 1.82) is 0 Å². The van der Waals surface area contributed by atoms with Crippen LogP contribution in [0.4, 0.5) is 0 Å². The minimum Gasteiger partial charge on any atom is -0.464 e. The van der Waals surface area contributed by atoms with E-state index in [0.717, 1.165) is 12.0 Å². The van der Waals surface area contributed by atoms with Crippen LogP contribution in [0.25, 0.3) is 17.0 Å². The Morgan fingerprint density at radius 2 is 2.15 bits per heavy atom. The molecule has 1 atom stereocenters. The average Bonchev–Trinajstić information content (AvgIpc) is 2.79. The Hall–Kier alpha value is -2.23. The third-order valence-corrected chi connectivity index (χ3v) is 3.95. The van der Waals surface area contributed by atoms with E-state index in [0.29, 0.717) is 5.70 Å². The van der Waals surface area contributed by atoms with Gasteiger partial charge in [-0.2, -0.15) is 0 Å². The van der Waals surface area contributed by atoms with Crippen LogP contribution in [-0.2, 0) is 16.6 Å². The highest BCUT2D eigenvalue weighted by atomic mass is 16.5. The summed E-state index contributed by atoms with van der Waals surface area (Å²) < 4.78 is 7.04. The Kier molecular flexibility index (Phi) is 3.01. The minimum absolute atomic E-state index is 0.126. The van der Waals surface area contributed by atoms with Gasteiger partial charge in [0.2, 0.25) is 0 Å². The number of ether oxygens (including phenoxy) is 1. The summed E-state index contributed by atoms with van der Waals surface area (Å²) in [6.07, 6.45) is 2.81. The molecule has 0 spiro atoms. The van der Waals surface area contributed by atoms with Gasteiger partial charge >= 0.3 is 5.97 Å². The number of hydrogen-bond donors (Lipinski definition) is 1. The van der Waals surface area contributed by atoms with Crippen molar-refractivity contribution in [2.75, 3.05) is 7.11 Å². The summed E-state index contributed by atoms with van der Waals surface area (Å²) in [6, 6.07) is 8.38. The van der Waals surface area contributed by atoms with Crippen LogP contribution in [0.15, 0.2) is 30.0 Å². The number of nitrogens with one attached hydrogen (secondary N) is 1. The molecule has 0 aliphatic carbocycles. The van der Waals surface area contributed by atoms with Gasteiger partial charge in [0, 0.05) is 29.2 Å². The molecule has 1 aliphatic rings. The fourth-order valence-corrected chi connectivity index (χ4v) is 2.98. The van der Waals surface area contributed by atoms with Crippen molar-refractivity contribution in [2.24, 2.45) is 7.05 Å². The van der Waals surface area contributed by atoms with Gasteiger partial charge in [-0.25, -0.2) is 4.79 Å². The molecule has 1 aromatic carbocycles. The molecule has 4 nitrogen and oxygen atoms in total. The summed E-state index contributed by atoms with van der Waals surface area (Å²) in [5.74, 6) is -0.318. The molecule has 20 heavy (non-hydrogen) atoms. The van der Waals surface area contributed by atoms with Crippen LogP contribution in [0, 0.1) is 0 Å². The van der Waals surface area contributed by atoms with E-state index in [4.69, 9.17) is 4.74 Å². The maximum Gasteiger partial charge on any atom is 0.354 e. The fourth-order valence-electron chi connectivity index (χ4n) is 2.98. The normalized spacial score (nSPS) is 17.4. The number of nitrogens with zero attached hydrogens (tertiary/aromatic N) is 1. The average molecular weight is 270 g/mol. The number of benzene rings is 1. The first-order chi connectivity index (χ1) is 9.67. The van der Waals surface area contributed by atoms with Gasteiger partial charge in [0.05, 0.1) is 13.2 Å². The molecule has 2 aromatic rings. The third-order valence-electron chi connectivity index (χ3n) is 3.95. The van der Waals surface area contributed by atoms with Crippen LogP contribution in [0.2, 0.25) is 0 Å². The van der Waals surface area contributed by atoms with E-state index < -0.39 is 0 Å². The van der Waals surface area contributed by atoms with E-state index in [1.165, 1.54) is 23.7 Å². The topological polar surface area (TPSA) is 43.3 Å². The number of fused-ring (bicyclic) bond motifs is 3. The lowest BCUT2D eigenvalue weighted by atomic mass is 9.99. The van der Waals surface area contributed by atoms with Crippen molar-refractivity contribution >= 4 is 22.9 Å². The van der Waals surface area contributed by atoms with Gasteiger partial charge in [-0.05, 0) is 18.6 Å². The molecule has 0 fully saturated rings. The molecular weight excluding hydrogens is 252 g/mol. The molecule has 1 aromatic heterocycles. The Morgan fingerprint density at radius 1 is 1.40 bits per heavy atom. The molecule has 104 valence electrons. The highest BCUT2D eigenvalue weighted by molar-refractivity contribution is 6.00. The second-order valence-electron chi connectivity index (χ2n) is 5.03. The molecule has 1 N–H and O–H groups in total. The number of methoxy groups -OCH3 is 1. The van der Waals surface area contributed by atoms with Crippen molar-refractivity contribution in [1.82, 2.24) is 9.88 Å². The fraction of sp³-hybridized carbons (Fsp3) is 0.312. The number of aryl methyl sites for hydroxylation is 1. The second-order valence-corrected chi connectivity index (χ2v) is 5.03. The van der Waals surface area contributed by atoms with Gasteiger partial charge in [-0.1, -0.05) is 25.1 Å². The van der Waals surface area contributed by atoms with E-state index in [2.05, 4.69) is 36.0 Å². The summed E-state index contributed by atoms with van der Waals surface area (Å²) in [6.45, 7) is 2.11. The molecule has 2 heterocycles. The Labute approximate surface area is 118 Å². The molecular formula is C16H18N2O2. The number of para-hydroxylation sites is 1. The van der Waals surface area contributed by atoms with Crippen LogP contribution in [-0.4, -0.2) is 17.6 Å². The molecule has 0 amide bonds. The first-order valence-electron chi connectivity index (χ1n) is 6.81. The number of carbonyl (C=O) groups excluding carboxylic acids is 1. The van der Waals surface area contributed by atoms with Crippen LogP contribution in [0.3, 0.4) is 0 Å². The van der Waals surface area contributed by atoms with Crippen molar-refractivity contribution < 1.29 is 9.53 Å². The summed E-state index contributed by atoms with van der Waals surface area (Å²) in [7, 11) is 3.48. The molecule has 0 saturated heterocycles. The van der Waals surface area contributed by atoms with Crippen molar-refractivity contribution in [2.45, 2.75) is 19.4 Å². The van der Waals surface area contributed by atoms with Gasteiger partial charge < -0.3 is 14.6 Å². The predicted molar refractivity (Wildman–Crippen MR) is 79.1 cm³/mol. The predicted octanol–water partition coefficient (Wildman–Crippen LogP) is 2.75. The van der Waals surface area contributed by atoms with Crippen LogP contribution < -0.4 is 5.32 Å². The summed E-state index contributed by atoms with van der Waals surface area (Å²) in [4.78, 5) is 11.8. The van der Waals surface area contributed by atoms with Gasteiger partial charge in [-0.15, -0.1) is 0 Å². The van der Waals surface area contributed by atoms with Crippen LogP contribution >= 0.6 is 0 Å². The van der Waals surface area contributed by atoms with E-state index in [1.54, 1.807) is 0 Å². The summed E-state index contributed by atoms with van der Waals surface area (Å²) in [5.41, 5.74) is 4.05. The lowest BCUT2D eigenvalue weighted by Crippen LogP contribution is -2.30. The SMILES string of the molecule is CCC1NC(C(=O)OC)=Cc2c1n(C)c1ccccc21. The van der Waals surface area contributed by atoms with Crippen molar-refractivity contribution in [3.05, 3.63) is 41.2 Å². The zero-order valence-corrected chi connectivity index (χ0v) is 11.9. The van der Waals surface area contributed by atoms with E-state index in [-0.39, 0.29) is 12.0 Å². The Morgan fingerprint density at radius 3 is 2.85 bits per heavy atom. The Balaban J connectivity index is 2.28. The highest BCUT2D eigenvalue weighted by Crippen LogP contribution is 2.35. The van der Waals surface area contributed by atoms with Gasteiger partial charge in [0.1, 0.15) is 5.70 Å². The van der Waals surface area contributed by atoms with Crippen LogP contribution in [0.5, 0.6) is 0 Å². The maximum atomic E-state index is 11.8. The van der Waals surface area contributed by atoms with E-state index in [9.17, 15) is 4.79 Å². The van der Waals surface area contributed by atoms with E-state index >= 15 is 0 Å². The zero-order chi connectivity index (χ0) is 14.3. The zero-order valence-electron chi connectivity index (χ0n) is 11.9. The molecule has 0 radical (unpaired) electrons. The first kappa shape index (κ1) is 12.8. The van der Waals surface area contributed by atoms with Crippen molar-refractivity contribution in [3.8, 4) is 0 Å². The minimum atomic E-state index is -0.318. The lowest BCUT2D eigenvalue weighted by molar-refractivity contribution is -0.136. The molecule has 4 heteroatoms. The molecule has 1 unspecified atom stereocenters. The molecule has 0 saturated carbocycles. The molecule has 0 bridgehead atoms. The number of hydrogen-bond acceptors (Lipinski definition) is 3. The molecule has 3 rings (SSSR count). The number of carbonyl (C=O) groups is 1. The Bertz CT molecular complexity index is 713. The standard InChI is InChI=1S/C16H18N2O2/c1-4-12-15-11(9-13(17-12)16(19)20-3)10-7-5-6-8-14(10)18(15)2/h5-9,12,17H,4H2,1-3H3. The quantitative estimate of drug-likeness (QED) is 0.853. The molecule has 1 aliphatic heterocycles. The van der Waals surface area contributed by atoms with Crippen molar-refractivity contribution in [3.63, 3.8) is 0 Å². The number of rotatable bonds is 2. The summed E-state index contributed by atoms with van der Waals surface area (Å²) >= 11 is 0. The summed E-state index contributed by atoms with van der Waals surface area (Å²) in [5, 5.41) is 4.45. The number of esters is 1. The number of aromatic nitrogens is 1. The second kappa shape index (κ2) is 4.71. The van der Waals surface area contributed by atoms with Gasteiger partial charge in [0.25, 0.3) is 0 Å². The largest absolute Gasteiger partial charge is 0.464 e. The monoisotopic (exact) mass is 270 g/mol. The van der Waals surface area contributed by atoms with Gasteiger partial charge in [0.15, 0.2) is 0 Å².